The number of hydrogen-bond donors (Lipinski definition) is 0. The normalized spacial score (nSPS) is 11.8. The molecule has 0 fully saturated rings. The van der Waals surface area contributed by atoms with Gasteiger partial charge < -0.3 is 9.62 Å². The molecule has 2 aromatic heterocycles. The van der Waals surface area contributed by atoms with Crippen molar-refractivity contribution in [3.05, 3.63) is 116 Å². The Morgan fingerprint density at radius 1 is 0.500 bits per heavy atom. The van der Waals surface area contributed by atoms with Gasteiger partial charge >= 0.3 is 0 Å². The third-order valence-corrected chi connectivity index (χ3v) is 7.59. The summed E-state index contributed by atoms with van der Waals surface area (Å²) in [6.07, 6.45) is 7.32. The van der Waals surface area contributed by atoms with Gasteiger partial charge in [-0.2, -0.15) is 4.89 Å². The average Bonchev–Trinajstić information content (AvgIpc) is 3.01. The van der Waals surface area contributed by atoms with Crippen LogP contribution in [0.4, 0.5) is 0 Å². The minimum atomic E-state index is -0.710. The molecule has 0 aliphatic heterocycles. The molecule has 3 aromatic carbocycles. The van der Waals surface area contributed by atoms with Crippen LogP contribution in [-0.4, -0.2) is 28.3 Å². The highest BCUT2D eigenvalue weighted by Crippen LogP contribution is 2.36. The summed E-state index contributed by atoms with van der Waals surface area (Å²) < 4.78 is 5.67. The number of ether oxygens (including phenoxy) is 1. The van der Waals surface area contributed by atoms with E-state index in [1.54, 1.807) is 19.5 Å². The Bertz CT molecular complexity index is 1480. The van der Waals surface area contributed by atoms with Crippen LogP contribution in [0.15, 0.2) is 116 Å². The van der Waals surface area contributed by atoms with Crippen molar-refractivity contribution < 1.29 is 14.5 Å². The number of methoxy groups -OCH3 is 1. The Hall–Kier alpha value is -4.32. The minimum absolute atomic E-state index is 0.566. The first kappa shape index (κ1) is 27.3. The standard InChI is InChI=1S/C35H34N2O3/c1-34(2,38-5)35(3,4)40-39-33-21-31(27-12-6-10-25(18-27)29-14-8-16-36-23-29)20-32(22-33)28-13-7-11-26(19-28)30-15-9-17-37-24-30/h6-24H,1-5H3. The van der Waals surface area contributed by atoms with Crippen molar-refractivity contribution in [3.8, 4) is 50.3 Å². The minimum Gasteiger partial charge on any atom is -0.376 e. The monoisotopic (exact) mass is 530 g/mol. The summed E-state index contributed by atoms with van der Waals surface area (Å²) in [4.78, 5) is 20.6. The van der Waals surface area contributed by atoms with Crippen molar-refractivity contribution in [2.45, 2.75) is 38.9 Å². The molecule has 0 saturated carbocycles. The fourth-order valence-corrected chi connectivity index (χ4v) is 4.30. The third kappa shape index (κ3) is 5.96. The van der Waals surface area contributed by atoms with E-state index in [2.05, 4.69) is 76.7 Å². The molecule has 5 heteroatoms. The van der Waals surface area contributed by atoms with Crippen LogP contribution >= 0.6 is 0 Å². The maximum Gasteiger partial charge on any atom is 0.166 e. The van der Waals surface area contributed by atoms with Crippen molar-refractivity contribution in [2.75, 3.05) is 7.11 Å². The molecule has 0 radical (unpaired) electrons. The highest BCUT2D eigenvalue weighted by Gasteiger charge is 2.40. The van der Waals surface area contributed by atoms with E-state index >= 15 is 0 Å². The zero-order chi connectivity index (χ0) is 28.2. The van der Waals surface area contributed by atoms with E-state index in [0.717, 1.165) is 44.5 Å². The van der Waals surface area contributed by atoms with Crippen molar-refractivity contribution in [2.24, 2.45) is 0 Å². The molecule has 0 unspecified atom stereocenters. The molecular formula is C35H34N2O3. The molecular weight excluding hydrogens is 496 g/mol. The van der Waals surface area contributed by atoms with Gasteiger partial charge in [0, 0.05) is 43.0 Å². The Kier molecular flexibility index (Phi) is 7.78. The van der Waals surface area contributed by atoms with Gasteiger partial charge in [-0.1, -0.05) is 48.5 Å². The van der Waals surface area contributed by atoms with Crippen LogP contribution in [0, 0.1) is 0 Å². The molecule has 5 rings (SSSR count). The summed E-state index contributed by atoms with van der Waals surface area (Å²) in [5, 5.41) is 0. The maximum absolute atomic E-state index is 6.01. The molecule has 2 heterocycles. The quantitative estimate of drug-likeness (QED) is 0.141. The lowest BCUT2D eigenvalue weighted by atomic mass is 9.89. The van der Waals surface area contributed by atoms with E-state index in [-0.39, 0.29) is 0 Å². The summed E-state index contributed by atoms with van der Waals surface area (Å²) in [7, 11) is 1.67. The first-order chi connectivity index (χ1) is 19.3. The van der Waals surface area contributed by atoms with Crippen LogP contribution in [0.1, 0.15) is 27.7 Å². The molecule has 5 aromatic rings. The van der Waals surface area contributed by atoms with Gasteiger partial charge in [-0.15, -0.1) is 0 Å². The van der Waals surface area contributed by atoms with Crippen LogP contribution in [-0.2, 0) is 9.62 Å². The number of hydrogen-bond acceptors (Lipinski definition) is 5. The van der Waals surface area contributed by atoms with Crippen molar-refractivity contribution in [1.29, 1.82) is 0 Å². The molecule has 202 valence electrons. The summed E-state index contributed by atoms with van der Waals surface area (Å²) in [5.74, 6) is 0.603. The van der Waals surface area contributed by atoms with E-state index < -0.39 is 11.2 Å². The van der Waals surface area contributed by atoms with Gasteiger partial charge in [0.25, 0.3) is 0 Å². The van der Waals surface area contributed by atoms with Crippen molar-refractivity contribution in [1.82, 2.24) is 9.97 Å². The van der Waals surface area contributed by atoms with Gasteiger partial charge in [-0.05, 0) is 104 Å². The second kappa shape index (κ2) is 11.4. The predicted octanol–water partition coefficient (Wildman–Crippen LogP) is 8.66. The summed E-state index contributed by atoms with van der Waals surface area (Å²) in [6, 6.07) is 31.1. The summed E-state index contributed by atoms with van der Waals surface area (Å²) >= 11 is 0. The van der Waals surface area contributed by atoms with Gasteiger partial charge in [-0.25, -0.2) is 0 Å². The second-order valence-electron chi connectivity index (χ2n) is 10.8. The average molecular weight is 531 g/mol. The topological polar surface area (TPSA) is 53.5 Å². The van der Waals surface area contributed by atoms with Gasteiger partial charge in [0.2, 0.25) is 0 Å². The molecule has 0 aliphatic carbocycles. The number of pyridine rings is 2. The van der Waals surface area contributed by atoms with Crippen LogP contribution in [0.25, 0.3) is 44.5 Å². The van der Waals surface area contributed by atoms with E-state index in [1.807, 2.05) is 64.4 Å². The van der Waals surface area contributed by atoms with Gasteiger partial charge in [0.05, 0.1) is 5.60 Å². The molecule has 0 spiro atoms. The first-order valence-electron chi connectivity index (χ1n) is 13.3. The lowest BCUT2D eigenvalue weighted by Crippen LogP contribution is -2.49. The first-order valence-corrected chi connectivity index (χ1v) is 13.3. The van der Waals surface area contributed by atoms with E-state index in [0.29, 0.717) is 5.75 Å². The van der Waals surface area contributed by atoms with E-state index in [9.17, 15) is 0 Å². The van der Waals surface area contributed by atoms with Gasteiger partial charge in [-0.3, -0.25) is 9.97 Å². The summed E-state index contributed by atoms with van der Waals surface area (Å²) in [6.45, 7) is 7.87. The predicted molar refractivity (Wildman–Crippen MR) is 161 cm³/mol. The Balaban J connectivity index is 1.57. The van der Waals surface area contributed by atoms with Gasteiger partial charge in [0.15, 0.2) is 5.75 Å². The number of nitrogens with zero attached hydrogens (tertiary/aromatic N) is 2. The van der Waals surface area contributed by atoms with Crippen LogP contribution in [0.3, 0.4) is 0 Å². The molecule has 0 N–H and O–H groups in total. The Morgan fingerprint density at radius 2 is 0.925 bits per heavy atom. The maximum atomic E-state index is 6.01. The number of rotatable bonds is 9. The van der Waals surface area contributed by atoms with Crippen LogP contribution < -0.4 is 4.89 Å². The van der Waals surface area contributed by atoms with Crippen LogP contribution in [0.5, 0.6) is 5.75 Å². The zero-order valence-corrected chi connectivity index (χ0v) is 23.6. The van der Waals surface area contributed by atoms with E-state index in [1.165, 1.54) is 0 Å². The molecule has 5 nitrogen and oxygen atoms in total. The third-order valence-electron chi connectivity index (χ3n) is 7.59. The van der Waals surface area contributed by atoms with Crippen LogP contribution in [0.2, 0.25) is 0 Å². The number of aromatic nitrogens is 2. The Labute approximate surface area is 236 Å². The molecule has 0 bridgehead atoms. The molecule has 40 heavy (non-hydrogen) atoms. The largest absolute Gasteiger partial charge is 0.376 e. The highest BCUT2D eigenvalue weighted by atomic mass is 17.2. The van der Waals surface area contributed by atoms with Gasteiger partial charge in [0.1, 0.15) is 5.60 Å². The fourth-order valence-electron chi connectivity index (χ4n) is 4.30. The molecule has 0 atom stereocenters. The smallest absolute Gasteiger partial charge is 0.166 e. The fraction of sp³-hybridized carbons (Fsp3) is 0.200. The lowest BCUT2D eigenvalue weighted by molar-refractivity contribution is -0.324. The Morgan fingerprint density at radius 3 is 1.35 bits per heavy atom. The van der Waals surface area contributed by atoms with E-state index in [4.69, 9.17) is 14.5 Å². The second-order valence-corrected chi connectivity index (χ2v) is 10.8. The molecule has 0 aliphatic rings. The van der Waals surface area contributed by atoms with Crippen molar-refractivity contribution >= 4 is 0 Å². The molecule has 0 amide bonds. The van der Waals surface area contributed by atoms with Crippen molar-refractivity contribution in [3.63, 3.8) is 0 Å². The summed E-state index contributed by atoms with van der Waals surface area (Å²) in [5.41, 5.74) is 7.19. The number of benzene rings is 3. The SMILES string of the molecule is COC(C)(C)C(C)(C)OOc1cc(-c2cccc(-c3cccnc3)c2)cc(-c2cccc(-c3cccnc3)c2)c1. The highest BCUT2D eigenvalue weighted by molar-refractivity contribution is 5.80. The zero-order valence-electron chi connectivity index (χ0n) is 23.6. The lowest BCUT2D eigenvalue weighted by Gasteiger charge is -2.38. The molecule has 0 saturated heterocycles.